The summed E-state index contributed by atoms with van der Waals surface area (Å²) >= 11 is 3.49. The van der Waals surface area contributed by atoms with Crippen molar-refractivity contribution in [1.29, 1.82) is 0 Å². The molecule has 1 aromatic heterocycles. The molecule has 90 valence electrons. The Kier molecular flexibility index (Phi) is 3.89. The number of rotatable bonds is 4. The quantitative estimate of drug-likeness (QED) is 0.866. The number of furan rings is 1. The summed E-state index contributed by atoms with van der Waals surface area (Å²) in [4.78, 5) is 0. The first-order chi connectivity index (χ1) is 8.20. The first-order valence-electron chi connectivity index (χ1n) is 5.76. The molecule has 1 unspecified atom stereocenters. The van der Waals surface area contributed by atoms with Crippen molar-refractivity contribution in [3.63, 3.8) is 0 Å². The summed E-state index contributed by atoms with van der Waals surface area (Å²) in [6.07, 6.45) is 2.70. The van der Waals surface area contributed by atoms with Crippen molar-refractivity contribution in [3.8, 4) is 0 Å². The molecule has 0 aliphatic heterocycles. The maximum atomic E-state index is 5.45. The van der Waals surface area contributed by atoms with Crippen molar-refractivity contribution in [2.45, 2.75) is 26.3 Å². The van der Waals surface area contributed by atoms with E-state index in [0.29, 0.717) is 0 Å². The lowest BCUT2D eigenvalue weighted by Gasteiger charge is -2.18. The summed E-state index contributed by atoms with van der Waals surface area (Å²) in [5, 5.41) is 3.52. The van der Waals surface area contributed by atoms with Crippen LogP contribution in [0.25, 0.3) is 0 Å². The molecule has 0 bridgehead atoms. The maximum absolute atomic E-state index is 5.45. The van der Waals surface area contributed by atoms with Crippen LogP contribution in [-0.2, 0) is 0 Å². The van der Waals surface area contributed by atoms with Gasteiger partial charge < -0.3 is 9.73 Å². The number of anilines is 1. The fraction of sp³-hybridized carbons (Fsp3) is 0.286. The summed E-state index contributed by atoms with van der Waals surface area (Å²) in [7, 11) is 0. The molecule has 1 heterocycles. The molecule has 3 heteroatoms. The normalized spacial score (nSPS) is 12.4. The third kappa shape index (κ3) is 2.91. The van der Waals surface area contributed by atoms with E-state index in [0.717, 1.165) is 22.3 Å². The second kappa shape index (κ2) is 5.41. The third-order valence-corrected chi connectivity index (χ3v) is 3.32. The third-order valence-electron chi connectivity index (χ3n) is 2.82. The highest BCUT2D eigenvalue weighted by atomic mass is 79.9. The van der Waals surface area contributed by atoms with Crippen molar-refractivity contribution in [3.05, 3.63) is 52.4 Å². The van der Waals surface area contributed by atoms with Gasteiger partial charge in [-0.15, -0.1) is 0 Å². The molecule has 0 aliphatic carbocycles. The lowest BCUT2D eigenvalue weighted by Crippen LogP contribution is -2.09. The Labute approximate surface area is 110 Å². The predicted molar refractivity (Wildman–Crippen MR) is 74.2 cm³/mol. The van der Waals surface area contributed by atoms with Gasteiger partial charge >= 0.3 is 0 Å². The average Bonchev–Trinajstić information content (AvgIpc) is 2.84. The molecule has 2 nitrogen and oxygen atoms in total. The van der Waals surface area contributed by atoms with Crippen LogP contribution in [0.5, 0.6) is 0 Å². The molecule has 2 rings (SSSR count). The van der Waals surface area contributed by atoms with E-state index in [2.05, 4.69) is 47.2 Å². The van der Waals surface area contributed by atoms with Crippen LogP contribution in [0.3, 0.4) is 0 Å². The van der Waals surface area contributed by atoms with Gasteiger partial charge in [-0.1, -0.05) is 28.9 Å². The van der Waals surface area contributed by atoms with E-state index in [1.165, 1.54) is 5.56 Å². The second-order valence-electron chi connectivity index (χ2n) is 4.08. The number of benzene rings is 1. The highest BCUT2D eigenvalue weighted by Gasteiger charge is 2.12. The summed E-state index contributed by atoms with van der Waals surface area (Å²) in [6, 6.07) is 10.4. The SMILES string of the molecule is CCC(Nc1cc(Br)ccc1C)c1ccco1. The fourth-order valence-electron chi connectivity index (χ4n) is 1.80. The number of nitrogens with one attached hydrogen (secondary N) is 1. The monoisotopic (exact) mass is 293 g/mol. The number of halogens is 1. The molecule has 1 atom stereocenters. The van der Waals surface area contributed by atoms with Crippen molar-refractivity contribution in [2.24, 2.45) is 0 Å². The largest absolute Gasteiger partial charge is 0.467 e. The summed E-state index contributed by atoms with van der Waals surface area (Å²) in [5.41, 5.74) is 2.38. The van der Waals surface area contributed by atoms with Gasteiger partial charge in [-0.05, 0) is 43.2 Å². The van der Waals surface area contributed by atoms with Crippen molar-refractivity contribution in [2.75, 3.05) is 5.32 Å². The number of aryl methyl sites for hydroxylation is 1. The topological polar surface area (TPSA) is 25.2 Å². The molecule has 0 saturated heterocycles. The zero-order valence-corrected chi connectivity index (χ0v) is 11.6. The Hall–Kier alpha value is -1.22. The van der Waals surface area contributed by atoms with Crippen molar-refractivity contribution >= 4 is 21.6 Å². The van der Waals surface area contributed by atoms with Gasteiger partial charge in [0.1, 0.15) is 5.76 Å². The van der Waals surface area contributed by atoms with Crippen molar-refractivity contribution < 1.29 is 4.42 Å². The van der Waals surface area contributed by atoms with Crippen LogP contribution < -0.4 is 5.32 Å². The van der Waals surface area contributed by atoms with Crippen molar-refractivity contribution in [1.82, 2.24) is 0 Å². The van der Waals surface area contributed by atoms with E-state index < -0.39 is 0 Å². The van der Waals surface area contributed by atoms with Crippen LogP contribution in [0.4, 0.5) is 5.69 Å². The molecule has 1 N–H and O–H groups in total. The minimum Gasteiger partial charge on any atom is -0.467 e. The van der Waals surface area contributed by atoms with E-state index in [9.17, 15) is 0 Å². The van der Waals surface area contributed by atoms with Crippen LogP contribution >= 0.6 is 15.9 Å². The van der Waals surface area contributed by atoms with Gasteiger partial charge in [-0.2, -0.15) is 0 Å². The van der Waals surface area contributed by atoms with Crippen LogP contribution in [0, 0.1) is 6.92 Å². The molecule has 0 radical (unpaired) electrons. The van der Waals surface area contributed by atoms with Gasteiger partial charge in [-0.3, -0.25) is 0 Å². The summed E-state index contributed by atoms with van der Waals surface area (Å²) in [5.74, 6) is 0.979. The Morgan fingerprint density at radius 3 is 2.82 bits per heavy atom. The Morgan fingerprint density at radius 1 is 1.35 bits per heavy atom. The minimum atomic E-state index is 0.220. The molecule has 1 aromatic carbocycles. The molecule has 0 aliphatic rings. The molecular formula is C14H16BrNO. The second-order valence-corrected chi connectivity index (χ2v) is 5.00. The Balaban J connectivity index is 2.21. The predicted octanol–water partition coefficient (Wildman–Crippen LogP) is 4.91. The van der Waals surface area contributed by atoms with Crippen LogP contribution in [0.2, 0.25) is 0 Å². The zero-order valence-electron chi connectivity index (χ0n) is 10.0. The fourth-order valence-corrected chi connectivity index (χ4v) is 2.16. The Bertz CT molecular complexity index is 479. The van der Waals surface area contributed by atoms with E-state index in [-0.39, 0.29) is 6.04 Å². The van der Waals surface area contributed by atoms with E-state index >= 15 is 0 Å². The van der Waals surface area contributed by atoms with Gasteiger partial charge in [-0.25, -0.2) is 0 Å². The number of hydrogen-bond donors (Lipinski definition) is 1. The summed E-state index contributed by atoms with van der Waals surface area (Å²) < 4.78 is 6.54. The zero-order chi connectivity index (χ0) is 12.3. The van der Waals surface area contributed by atoms with E-state index in [1.54, 1.807) is 6.26 Å². The Morgan fingerprint density at radius 2 is 2.18 bits per heavy atom. The van der Waals surface area contributed by atoms with Crippen LogP contribution in [-0.4, -0.2) is 0 Å². The van der Waals surface area contributed by atoms with Crippen LogP contribution in [0.15, 0.2) is 45.5 Å². The molecular weight excluding hydrogens is 278 g/mol. The molecule has 0 saturated carbocycles. The lowest BCUT2D eigenvalue weighted by molar-refractivity contribution is 0.474. The highest BCUT2D eigenvalue weighted by molar-refractivity contribution is 9.10. The molecule has 2 aromatic rings. The van der Waals surface area contributed by atoms with E-state index in [1.807, 2.05) is 18.2 Å². The number of hydrogen-bond acceptors (Lipinski definition) is 2. The van der Waals surface area contributed by atoms with Gasteiger partial charge in [0.2, 0.25) is 0 Å². The van der Waals surface area contributed by atoms with E-state index in [4.69, 9.17) is 4.42 Å². The molecule has 0 fully saturated rings. The smallest absolute Gasteiger partial charge is 0.125 e. The first kappa shape index (κ1) is 12.2. The molecule has 0 spiro atoms. The minimum absolute atomic E-state index is 0.220. The maximum Gasteiger partial charge on any atom is 0.125 e. The average molecular weight is 294 g/mol. The first-order valence-corrected chi connectivity index (χ1v) is 6.56. The molecule has 0 amide bonds. The molecule has 17 heavy (non-hydrogen) atoms. The van der Waals surface area contributed by atoms with Gasteiger partial charge in [0.25, 0.3) is 0 Å². The van der Waals surface area contributed by atoms with Gasteiger partial charge in [0.05, 0.1) is 12.3 Å². The highest BCUT2D eigenvalue weighted by Crippen LogP contribution is 2.27. The van der Waals surface area contributed by atoms with Crippen LogP contribution in [0.1, 0.15) is 30.7 Å². The lowest BCUT2D eigenvalue weighted by atomic mass is 10.1. The van der Waals surface area contributed by atoms with Gasteiger partial charge in [0, 0.05) is 10.2 Å². The standard InChI is InChI=1S/C14H16BrNO/c1-3-12(14-5-4-8-17-14)16-13-9-11(15)7-6-10(13)2/h4-9,12,16H,3H2,1-2H3. The van der Waals surface area contributed by atoms with Gasteiger partial charge in [0.15, 0.2) is 0 Å². The summed E-state index contributed by atoms with van der Waals surface area (Å²) in [6.45, 7) is 4.25.